The molecule has 0 saturated carbocycles. The van der Waals surface area contributed by atoms with E-state index in [-0.39, 0.29) is 30.3 Å². The number of likely N-dealkylation sites (N-methyl/N-ethyl adjacent to an activating group) is 1. The van der Waals surface area contributed by atoms with E-state index in [2.05, 4.69) is 27.8 Å². The van der Waals surface area contributed by atoms with Crippen molar-refractivity contribution in [2.75, 3.05) is 46.0 Å². The zero-order chi connectivity index (χ0) is 21.9. The topological polar surface area (TPSA) is 77.0 Å². The first kappa shape index (κ1) is 24.1. The van der Waals surface area contributed by atoms with Crippen molar-refractivity contribution in [1.82, 2.24) is 20.4 Å². The van der Waals surface area contributed by atoms with Gasteiger partial charge in [0.1, 0.15) is 6.54 Å². The number of nitrogens with one attached hydrogen (secondary N) is 2. The number of amides is 2. The van der Waals surface area contributed by atoms with Gasteiger partial charge in [-0.1, -0.05) is 32.0 Å². The summed E-state index contributed by atoms with van der Waals surface area (Å²) >= 11 is 1.78. The van der Waals surface area contributed by atoms with Gasteiger partial charge < -0.3 is 20.4 Å². The zero-order valence-corrected chi connectivity index (χ0v) is 19.4. The molecule has 0 bridgehead atoms. The predicted molar refractivity (Wildman–Crippen MR) is 124 cm³/mol. The molecule has 1 aliphatic heterocycles. The van der Waals surface area contributed by atoms with Crippen molar-refractivity contribution in [3.8, 4) is 0 Å². The number of carbonyl (C=O) groups excluding carboxylic acids is 2. The van der Waals surface area contributed by atoms with Crippen LogP contribution in [0.3, 0.4) is 0 Å². The molecule has 0 atom stereocenters. The average molecular weight is 434 g/mol. The molecule has 1 aromatic rings. The third-order valence-electron chi connectivity index (χ3n) is 4.92. The smallest absolute Gasteiger partial charge is 0.243 e. The molecule has 2 rings (SSSR count). The van der Waals surface area contributed by atoms with Crippen molar-refractivity contribution < 1.29 is 9.59 Å². The molecular formula is C22H35N5O2S. The second kappa shape index (κ2) is 12.5. The number of aliphatic imine (C=N–C) groups is 1. The van der Waals surface area contributed by atoms with Gasteiger partial charge in [0.15, 0.2) is 5.96 Å². The molecule has 7 nitrogen and oxygen atoms in total. The molecule has 1 aliphatic rings. The lowest BCUT2D eigenvalue weighted by molar-refractivity contribution is -0.135. The summed E-state index contributed by atoms with van der Waals surface area (Å²) in [6.07, 6.45) is 1.75. The van der Waals surface area contributed by atoms with Gasteiger partial charge in [0, 0.05) is 56.3 Å². The summed E-state index contributed by atoms with van der Waals surface area (Å²) in [6.45, 7) is 6.24. The van der Waals surface area contributed by atoms with E-state index in [9.17, 15) is 9.59 Å². The van der Waals surface area contributed by atoms with Crippen molar-refractivity contribution in [3.63, 3.8) is 0 Å². The molecule has 0 aromatic heterocycles. The van der Waals surface area contributed by atoms with Crippen molar-refractivity contribution in [2.45, 2.75) is 37.6 Å². The quantitative estimate of drug-likeness (QED) is 0.284. The fourth-order valence-electron chi connectivity index (χ4n) is 3.10. The maximum Gasteiger partial charge on any atom is 0.243 e. The highest BCUT2D eigenvalue weighted by Gasteiger charge is 2.24. The van der Waals surface area contributed by atoms with Crippen LogP contribution in [0.2, 0.25) is 0 Å². The van der Waals surface area contributed by atoms with Gasteiger partial charge >= 0.3 is 0 Å². The minimum absolute atomic E-state index is 0.0347. The Hall–Kier alpha value is -2.22. The van der Waals surface area contributed by atoms with E-state index < -0.39 is 0 Å². The Labute approximate surface area is 184 Å². The predicted octanol–water partition coefficient (Wildman–Crippen LogP) is 2.05. The van der Waals surface area contributed by atoms with Crippen LogP contribution < -0.4 is 10.6 Å². The lowest BCUT2D eigenvalue weighted by Crippen LogP contribution is -2.50. The first-order valence-corrected chi connectivity index (χ1v) is 11.6. The lowest BCUT2D eigenvalue weighted by Gasteiger charge is -2.34. The second-order valence-corrected chi connectivity index (χ2v) is 9.11. The number of rotatable bonds is 8. The molecule has 1 aromatic carbocycles. The van der Waals surface area contributed by atoms with Gasteiger partial charge in [0.25, 0.3) is 0 Å². The van der Waals surface area contributed by atoms with E-state index in [1.165, 1.54) is 4.90 Å². The van der Waals surface area contributed by atoms with Crippen LogP contribution in [0.5, 0.6) is 0 Å². The molecule has 8 heteroatoms. The van der Waals surface area contributed by atoms with Gasteiger partial charge in [-0.3, -0.25) is 9.59 Å². The fourth-order valence-corrected chi connectivity index (χ4v) is 3.89. The number of carbonyl (C=O) groups is 2. The third-order valence-corrected chi connectivity index (χ3v) is 5.93. The maximum atomic E-state index is 12.2. The normalized spacial score (nSPS) is 15.2. The van der Waals surface area contributed by atoms with Gasteiger partial charge in [0.2, 0.25) is 11.8 Å². The van der Waals surface area contributed by atoms with Gasteiger partial charge in [-0.2, -0.15) is 0 Å². The number of guanidine groups is 1. The van der Waals surface area contributed by atoms with Crippen LogP contribution in [0.4, 0.5) is 0 Å². The van der Waals surface area contributed by atoms with Gasteiger partial charge in [-0.15, -0.1) is 11.8 Å². The molecular weight excluding hydrogens is 398 g/mol. The van der Waals surface area contributed by atoms with Gasteiger partial charge in [-0.25, -0.2) is 4.99 Å². The first-order valence-electron chi connectivity index (χ1n) is 10.6. The van der Waals surface area contributed by atoms with Crippen LogP contribution >= 0.6 is 11.8 Å². The van der Waals surface area contributed by atoms with Crippen LogP contribution in [0, 0.1) is 5.92 Å². The Morgan fingerprint density at radius 2 is 1.87 bits per heavy atom. The monoisotopic (exact) mass is 433 g/mol. The number of benzene rings is 1. The van der Waals surface area contributed by atoms with Crippen LogP contribution in [0.1, 0.15) is 26.7 Å². The molecule has 1 heterocycles. The van der Waals surface area contributed by atoms with E-state index in [1.807, 2.05) is 36.9 Å². The average Bonchev–Trinajstić information content (AvgIpc) is 2.75. The van der Waals surface area contributed by atoms with Crippen LogP contribution in [-0.2, 0) is 9.59 Å². The molecule has 30 heavy (non-hydrogen) atoms. The Balaban J connectivity index is 1.86. The fraction of sp³-hybridized carbons (Fsp3) is 0.591. The zero-order valence-electron chi connectivity index (χ0n) is 18.6. The van der Waals surface area contributed by atoms with E-state index in [4.69, 9.17) is 0 Å². The molecule has 166 valence electrons. The summed E-state index contributed by atoms with van der Waals surface area (Å²) in [5.41, 5.74) is 0. The third kappa shape index (κ3) is 8.26. The van der Waals surface area contributed by atoms with Crippen molar-refractivity contribution in [2.24, 2.45) is 10.9 Å². The van der Waals surface area contributed by atoms with E-state index in [0.29, 0.717) is 5.96 Å². The largest absolute Gasteiger partial charge is 0.356 e. The highest BCUT2D eigenvalue weighted by atomic mass is 32.2. The summed E-state index contributed by atoms with van der Waals surface area (Å²) in [5.74, 6) is 1.77. The highest BCUT2D eigenvalue weighted by Crippen LogP contribution is 2.16. The van der Waals surface area contributed by atoms with E-state index in [1.54, 1.807) is 30.8 Å². The van der Waals surface area contributed by atoms with Crippen molar-refractivity contribution >= 4 is 29.5 Å². The number of hydrogen-bond acceptors (Lipinski definition) is 4. The number of hydrogen-bond donors (Lipinski definition) is 2. The highest BCUT2D eigenvalue weighted by molar-refractivity contribution is 7.99. The molecule has 0 radical (unpaired) electrons. The Morgan fingerprint density at radius 3 is 2.47 bits per heavy atom. The summed E-state index contributed by atoms with van der Waals surface area (Å²) in [4.78, 5) is 33.3. The van der Waals surface area contributed by atoms with Crippen LogP contribution in [-0.4, -0.2) is 79.6 Å². The molecule has 0 spiro atoms. The second-order valence-electron chi connectivity index (χ2n) is 7.94. The standard InChI is InChI=1S/C22H35N5O2S/c1-17(2)21(29)27-13-10-18(11-14-27)25-22(24-16-20(28)26(3)4)23-12-15-30-19-8-6-5-7-9-19/h5-9,17-18H,10-16H2,1-4H3,(H2,23,24,25). The number of piperidine rings is 1. The minimum atomic E-state index is -0.0351. The summed E-state index contributed by atoms with van der Waals surface area (Å²) in [6, 6.07) is 10.5. The maximum absolute atomic E-state index is 12.2. The van der Waals surface area contributed by atoms with Gasteiger partial charge in [0.05, 0.1) is 0 Å². The number of likely N-dealkylation sites (tertiary alicyclic amines) is 1. The Morgan fingerprint density at radius 1 is 1.20 bits per heavy atom. The van der Waals surface area contributed by atoms with Crippen LogP contribution in [0.15, 0.2) is 40.2 Å². The van der Waals surface area contributed by atoms with Gasteiger partial charge in [-0.05, 0) is 25.0 Å². The molecule has 0 aliphatic carbocycles. The number of thioether (sulfide) groups is 1. The Kier molecular flexibility index (Phi) is 10.00. The van der Waals surface area contributed by atoms with E-state index in [0.717, 1.165) is 38.2 Å². The number of nitrogens with zero attached hydrogens (tertiary/aromatic N) is 3. The Bertz CT molecular complexity index is 701. The lowest BCUT2D eigenvalue weighted by atomic mass is 10.0. The summed E-state index contributed by atoms with van der Waals surface area (Å²) < 4.78 is 0. The summed E-state index contributed by atoms with van der Waals surface area (Å²) in [5, 5.41) is 6.81. The molecule has 1 saturated heterocycles. The van der Waals surface area contributed by atoms with Crippen molar-refractivity contribution in [1.29, 1.82) is 0 Å². The minimum Gasteiger partial charge on any atom is -0.356 e. The summed E-state index contributed by atoms with van der Waals surface area (Å²) in [7, 11) is 3.46. The van der Waals surface area contributed by atoms with Crippen LogP contribution in [0.25, 0.3) is 0 Å². The molecule has 1 fully saturated rings. The molecule has 0 unspecified atom stereocenters. The molecule has 2 N–H and O–H groups in total. The van der Waals surface area contributed by atoms with E-state index >= 15 is 0 Å². The first-order chi connectivity index (χ1) is 14.4. The molecule has 2 amide bonds. The SMILES string of the molecule is CC(C)C(=O)N1CCC(NC(=NCC(=O)N(C)C)NCCSc2ccccc2)CC1. The van der Waals surface area contributed by atoms with Crippen molar-refractivity contribution in [3.05, 3.63) is 30.3 Å².